The van der Waals surface area contributed by atoms with Crippen molar-refractivity contribution in [3.8, 4) is 0 Å². The monoisotopic (exact) mass is 903 g/mol. The second-order valence-electron chi connectivity index (χ2n) is 17.4. The Hall–Kier alpha value is -3.67. The molecule has 0 aliphatic heterocycles. The zero-order valence-electron chi connectivity index (χ0n) is 42.2. The number of unbranched alkanes of at least 4 members (excludes halogenated alkanes) is 20. The lowest BCUT2D eigenvalue weighted by molar-refractivity contribution is -0.166. The van der Waals surface area contributed by atoms with Crippen molar-refractivity contribution in [3.05, 3.63) is 97.2 Å². The molecule has 0 amide bonds. The van der Waals surface area contributed by atoms with E-state index in [2.05, 4.69) is 106 Å². The van der Waals surface area contributed by atoms with Crippen molar-refractivity contribution >= 4 is 17.9 Å². The van der Waals surface area contributed by atoms with Crippen molar-refractivity contribution in [3.63, 3.8) is 0 Å². The molecule has 0 heterocycles. The van der Waals surface area contributed by atoms with Gasteiger partial charge in [-0.15, -0.1) is 0 Å². The fourth-order valence-electron chi connectivity index (χ4n) is 7.03. The number of hydrogen-bond donors (Lipinski definition) is 0. The zero-order valence-corrected chi connectivity index (χ0v) is 42.2. The third-order valence-corrected chi connectivity index (χ3v) is 11.1. The molecule has 0 spiro atoms. The molecule has 370 valence electrons. The smallest absolute Gasteiger partial charge is 0.306 e. The van der Waals surface area contributed by atoms with Crippen molar-refractivity contribution in [1.29, 1.82) is 0 Å². The Balaban J connectivity index is 4.57. The van der Waals surface area contributed by atoms with Gasteiger partial charge < -0.3 is 14.2 Å². The quantitative estimate of drug-likeness (QED) is 0.0262. The number of hydrogen-bond acceptors (Lipinski definition) is 6. The maximum Gasteiger partial charge on any atom is 0.306 e. The fraction of sp³-hybridized carbons (Fsp3) is 0.678. The Kier molecular flexibility index (Phi) is 50.0. The largest absolute Gasteiger partial charge is 0.462 e. The standard InChI is InChI=1S/C59H98O6/c1-4-7-10-13-16-19-22-24-26-28-29-31-33-35-38-41-44-47-50-53-59(62)65-56(54-63-57(60)51-48-45-42-39-36-21-18-15-12-9-6-3)55-64-58(61)52-49-46-43-40-37-34-32-30-27-25-23-20-17-14-11-8-5-2/h16,19,24-27,29,31-32,34-35,38,40,43-44,47,56H,4-15,17-18,20-23,28,30,33,36-37,39,41-42,45-46,48-55H2,1-3H3/b19-16-,26-24-,27-25-,31-29-,34-32-,38-35-,43-40-,47-44-/t56-/m0/s1. The molecule has 0 aromatic heterocycles. The number of ether oxygens (including phenoxy) is 3. The minimum absolute atomic E-state index is 0.122. The molecule has 0 rings (SSSR count). The first-order valence-corrected chi connectivity index (χ1v) is 26.7. The van der Waals surface area contributed by atoms with E-state index >= 15 is 0 Å². The van der Waals surface area contributed by atoms with Crippen LogP contribution < -0.4 is 0 Å². The summed E-state index contributed by atoms with van der Waals surface area (Å²) in [5.74, 6) is -1.06. The molecule has 0 unspecified atom stereocenters. The van der Waals surface area contributed by atoms with E-state index in [0.29, 0.717) is 19.3 Å². The lowest BCUT2D eigenvalue weighted by Crippen LogP contribution is -2.30. The summed E-state index contributed by atoms with van der Waals surface area (Å²) in [5, 5.41) is 0. The van der Waals surface area contributed by atoms with Crippen LogP contribution in [0.1, 0.15) is 239 Å². The summed E-state index contributed by atoms with van der Waals surface area (Å²) < 4.78 is 16.7. The lowest BCUT2D eigenvalue weighted by Gasteiger charge is -2.18. The van der Waals surface area contributed by atoms with Gasteiger partial charge in [0.1, 0.15) is 13.2 Å². The Labute approximate surface area is 400 Å². The molecule has 0 aliphatic carbocycles. The highest BCUT2D eigenvalue weighted by Gasteiger charge is 2.19. The van der Waals surface area contributed by atoms with E-state index in [1.807, 2.05) is 12.2 Å². The topological polar surface area (TPSA) is 78.9 Å². The summed E-state index contributed by atoms with van der Waals surface area (Å²) in [6.45, 7) is 6.48. The van der Waals surface area contributed by atoms with E-state index in [-0.39, 0.29) is 38.0 Å². The van der Waals surface area contributed by atoms with Crippen LogP contribution in [0, 0.1) is 0 Å². The summed E-state index contributed by atoms with van der Waals surface area (Å²) in [6.07, 6.45) is 69.8. The number of allylic oxidation sites excluding steroid dienone is 16. The van der Waals surface area contributed by atoms with Gasteiger partial charge in [-0.2, -0.15) is 0 Å². The summed E-state index contributed by atoms with van der Waals surface area (Å²) >= 11 is 0. The molecule has 65 heavy (non-hydrogen) atoms. The van der Waals surface area contributed by atoms with Gasteiger partial charge in [-0.25, -0.2) is 0 Å². The Morgan fingerprint density at radius 1 is 0.308 bits per heavy atom. The molecule has 0 N–H and O–H groups in total. The van der Waals surface area contributed by atoms with Gasteiger partial charge >= 0.3 is 17.9 Å². The van der Waals surface area contributed by atoms with Crippen LogP contribution in [0.15, 0.2) is 97.2 Å². The van der Waals surface area contributed by atoms with Crippen LogP contribution in [0.2, 0.25) is 0 Å². The van der Waals surface area contributed by atoms with Gasteiger partial charge in [-0.1, -0.05) is 227 Å². The molecular weight excluding hydrogens is 805 g/mol. The molecule has 0 fully saturated rings. The average Bonchev–Trinajstić information content (AvgIpc) is 3.30. The molecule has 0 bridgehead atoms. The minimum atomic E-state index is -0.836. The van der Waals surface area contributed by atoms with E-state index < -0.39 is 12.1 Å². The van der Waals surface area contributed by atoms with E-state index in [4.69, 9.17) is 14.2 Å². The van der Waals surface area contributed by atoms with Gasteiger partial charge in [0.2, 0.25) is 0 Å². The maximum atomic E-state index is 12.8. The third-order valence-electron chi connectivity index (χ3n) is 11.1. The second-order valence-corrected chi connectivity index (χ2v) is 17.4. The SMILES string of the molecule is CCCCC/C=C\C/C=C\C/C=C\C/C=C\C/C=C\CCC(=O)O[C@H](COC(=O)CCC/C=C\C/C=C\C/C=C\CCCCCCCC)COC(=O)CCCCCCCCCCCCC. The molecular formula is C59H98O6. The molecule has 1 atom stereocenters. The van der Waals surface area contributed by atoms with Crippen molar-refractivity contribution in [2.24, 2.45) is 0 Å². The Bertz CT molecular complexity index is 1310. The third kappa shape index (κ3) is 51.2. The summed E-state index contributed by atoms with van der Waals surface area (Å²) in [4.78, 5) is 37.9. The van der Waals surface area contributed by atoms with E-state index in [1.165, 1.54) is 122 Å². The van der Waals surface area contributed by atoms with Crippen LogP contribution in [-0.2, 0) is 28.6 Å². The van der Waals surface area contributed by atoms with Crippen LogP contribution in [0.4, 0.5) is 0 Å². The predicted molar refractivity (Wildman–Crippen MR) is 279 cm³/mol. The van der Waals surface area contributed by atoms with Gasteiger partial charge in [-0.05, 0) is 89.9 Å². The minimum Gasteiger partial charge on any atom is -0.462 e. The Morgan fingerprint density at radius 2 is 0.600 bits per heavy atom. The van der Waals surface area contributed by atoms with E-state index in [0.717, 1.165) is 64.2 Å². The molecule has 6 nitrogen and oxygen atoms in total. The van der Waals surface area contributed by atoms with Gasteiger partial charge in [-0.3, -0.25) is 14.4 Å². The fourth-order valence-corrected chi connectivity index (χ4v) is 7.03. The Morgan fingerprint density at radius 3 is 1.02 bits per heavy atom. The van der Waals surface area contributed by atoms with Crippen LogP contribution >= 0.6 is 0 Å². The van der Waals surface area contributed by atoms with Crippen LogP contribution in [0.5, 0.6) is 0 Å². The summed E-state index contributed by atoms with van der Waals surface area (Å²) in [7, 11) is 0. The molecule has 6 heteroatoms. The lowest BCUT2D eigenvalue weighted by atomic mass is 10.1. The number of carbonyl (C=O) groups is 3. The predicted octanol–water partition coefficient (Wildman–Crippen LogP) is 17.8. The average molecular weight is 903 g/mol. The number of carbonyl (C=O) groups excluding carboxylic acids is 3. The summed E-state index contributed by atoms with van der Waals surface area (Å²) in [5.41, 5.74) is 0. The van der Waals surface area contributed by atoms with Gasteiger partial charge in [0.15, 0.2) is 6.10 Å². The van der Waals surface area contributed by atoms with E-state index in [1.54, 1.807) is 0 Å². The van der Waals surface area contributed by atoms with Crippen molar-refractivity contribution in [1.82, 2.24) is 0 Å². The maximum absolute atomic E-state index is 12.8. The first-order chi connectivity index (χ1) is 32.0. The highest BCUT2D eigenvalue weighted by atomic mass is 16.6. The van der Waals surface area contributed by atoms with Gasteiger partial charge in [0, 0.05) is 19.3 Å². The van der Waals surface area contributed by atoms with Crippen LogP contribution in [0.25, 0.3) is 0 Å². The zero-order chi connectivity index (χ0) is 47.2. The number of esters is 3. The first kappa shape index (κ1) is 61.3. The van der Waals surface area contributed by atoms with Gasteiger partial charge in [0.25, 0.3) is 0 Å². The molecule has 0 saturated heterocycles. The number of rotatable bonds is 47. The van der Waals surface area contributed by atoms with Crippen molar-refractivity contribution < 1.29 is 28.6 Å². The molecule has 0 aromatic rings. The van der Waals surface area contributed by atoms with Gasteiger partial charge in [0.05, 0.1) is 0 Å². The van der Waals surface area contributed by atoms with Crippen molar-refractivity contribution in [2.45, 2.75) is 245 Å². The molecule has 0 aliphatic rings. The highest BCUT2D eigenvalue weighted by molar-refractivity contribution is 5.71. The van der Waals surface area contributed by atoms with Crippen LogP contribution in [0.3, 0.4) is 0 Å². The first-order valence-electron chi connectivity index (χ1n) is 26.7. The molecule has 0 radical (unpaired) electrons. The highest BCUT2D eigenvalue weighted by Crippen LogP contribution is 2.13. The van der Waals surface area contributed by atoms with Crippen molar-refractivity contribution in [2.75, 3.05) is 13.2 Å². The van der Waals surface area contributed by atoms with Crippen LogP contribution in [-0.4, -0.2) is 37.2 Å². The summed E-state index contributed by atoms with van der Waals surface area (Å²) in [6, 6.07) is 0. The normalized spacial score (nSPS) is 12.8. The van der Waals surface area contributed by atoms with E-state index in [9.17, 15) is 14.4 Å². The molecule has 0 aromatic carbocycles. The second kappa shape index (κ2) is 52.9. The molecule has 0 saturated carbocycles.